The van der Waals surface area contributed by atoms with E-state index in [9.17, 15) is 18.0 Å². The Hall–Kier alpha value is -3.13. The number of hydrogen-bond acceptors (Lipinski definition) is 4. The maximum atomic E-state index is 12.9. The summed E-state index contributed by atoms with van der Waals surface area (Å²) >= 11 is 5.91. The van der Waals surface area contributed by atoms with Crippen LogP contribution in [0.3, 0.4) is 0 Å². The largest absolute Gasteiger partial charge is 0.416 e. The van der Waals surface area contributed by atoms with Crippen molar-refractivity contribution in [2.45, 2.75) is 20.0 Å². The predicted molar refractivity (Wildman–Crippen MR) is 106 cm³/mol. The zero-order valence-corrected chi connectivity index (χ0v) is 16.2. The van der Waals surface area contributed by atoms with Crippen molar-refractivity contribution < 1.29 is 18.0 Å². The van der Waals surface area contributed by atoms with Gasteiger partial charge < -0.3 is 10.6 Å². The molecule has 1 amide bonds. The molecule has 2 aromatic carbocycles. The first-order valence-electron chi connectivity index (χ1n) is 8.49. The number of nitrogens with one attached hydrogen (secondary N) is 2. The van der Waals surface area contributed by atoms with E-state index in [0.717, 1.165) is 29.6 Å². The number of nitrogens with zero attached hydrogens (tertiary/aromatic N) is 2. The Morgan fingerprint density at radius 1 is 0.966 bits per heavy atom. The molecule has 9 heteroatoms. The molecule has 0 radical (unpaired) electrons. The number of alkyl halides is 3. The number of amides is 1. The standard InChI is InChI=1S/C20H16ClF3N4O/c1-11-9-12(2)26-19(25-11)27-15-6-3-13(4-7-15)18(29)28-17-10-14(20(22,23)24)5-8-16(17)21/h3-10H,1-2H3,(H,28,29)(H,25,26,27). The minimum absolute atomic E-state index is 0.0107. The Morgan fingerprint density at radius 2 is 1.59 bits per heavy atom. The van der Waals surface area contributed by atoms with Crippen LogP contribution in [0.4, 0.5) is 30.5 Å². The van der Waals surface area contributed by atoms with Crippen molar-refractivity contribution in [1.82, 2.24) is 9.97 Å². The van der Waals surface area contributed by atoms with E-state index >= 15 is 0 Å². The average molecular weight is 421 g/mol. The summed E-state index contributed by atoms with van der Waals surface area (Å²) in [5, 5.41) is 5.45. The third kappa shape index (κ3) is 5.23. The smallest absolute Gasteiger partial charge is 0.324 e. The van der Waals surface area contributed by atoms with Crippen LogP contribution in [-0.4, -0.2) is 15.9 Å². The Balaban J connectivity index is 1.74. The Labute approximate surface area is 170 Å². The first-order chi connectivity index (χ1) is 13.6. The molecule has 29 heavy (non-hydrogen) atoms. The highest BCUT2D eigenvalue weighted by Gasteiger charge is 2.31. The SMILES string of the molecule is Cc1cc(C)nc(Nc2ccc(C(=O)Nc3cc(C(F)(F)F)ccc3Cl)cc2)n1. The number of anilines is 3. The molecule has 0 unspecified atom stereocenters. The summed E-state index contributed by atoms with van der Waals surface area (Å²) in [7, 11) is 0. The third-order valence-electron chi connectivity index (χ3n) is 3.93. The Morgan fingerprint density at radius 3 is 2.17 bits per heavy atom. The predicted octanol–water partition coefficient (Wildman–Crippen LogP) is 5.76. The van der Waals surface area contributed by atoms with Gasteiger partial charge in [-0.25, -0.2) is 9.97 Å². The highest BCUT2D eigenvalue weighted by atomic mass is 35.5. The quantitative estimate of drug-likeness (QED) is 0.563. The van der Waals surface area contributed by atoms with E-state index in [0.29, 0.717) is 11.6 Å². The number of carbonyl (C=O) groups is 1. The number of carbonyl (C=O) groups excluding carboxylic acids is 1. The Kier molecular flexibility index (Phi) is 5.74. The van der Waals surface area contributed by atoms with Gasteiger partial charge in [-0.15, -0.1) is 0 Å². The van der Waals surface area contributed by atoms with E-state index in [1.807, 2.05) is 19.9 Å². The van der Waals surface area contributed by atoms with Gasteiger partial charge in [0.05, 0.1) is 16.3 Å². The van der Waals surface area contributed by atoms with E-state index in [1.165, 1.54) is 12.1 Å². The molecule has 0 saturated carbocycles. The van der Waals surface area contributed by atoms with Crippen molar-refractivity contribution in [3.05, 3.63) is 76.1 Å². The van der Waals surface area contributed by atoms with Gasteiger partial charge in [0.15, 0.2) is 0 Å². The molecule has 3 aromatic rings. The molecule has 1 aromatic heterocycles. The number of benzene rings is 2. The third-order valence-corrected chi connectivity index (χ3v) is 4.26. The first-order valence-corrected chi connectivity index (χ1v) is 8.87. The molecule has 5 nitrogen and oxygen atoms in total. The van der Waals surface area contributed by atoms with Crippen molar-refractivity contribution in [2.24, 2.45) is 0 Å². The summed E-state index contributed by atoms with van der Waals surface area (Å²) in [6.07, 6.45) is -4.53. The van der Waals surface area contributed by atoms with Crippen LogP contribution in [0.15, 0.2) is 48.5 Å². The Bertz CT molecular complexity index is 1030. The number of rotatable bonds is 4. The van der Waals surface area contributed by atoms with E-state index < -0.39 is 17.6 Å². The summed E-state index contributed by atoms with van der Waals surface area (Å²) < 4.78 is 38.6. The lowest BCUT2D eigenvalue weighted by atomic mass is 10.1. The van der Waals surface area contributed by atoms with E-state index in [4.69, 9.17) is 11.6 Å². The number of hydrogen-bond donors (Lipinski definition) is 2. The topological polar surface area (TPSA) is 66.9 Å². The van der Waals surface area contributed by atoms with Crippen molar-refractivity contribution in [1.29, 1.82) is 0 Å². The minimum atomic E-state index is -4.53. The molecule has 0 aliphatic heterocycles. The molecule has 0 atom stereocenters. The van der Waals surface area contributed by atoms with Crippen molar-refractivity contribution in [3.8, 4) is 0 Å². The van der Waals surface area contributed by atoms with Gasteiger partial charge >= 0.3 is 6.18 Å². The summed E-state index contributed by atoms with van der Waals surface area (Å²) in [6, 6.07) is 10.9. The normalized spacial score (nSPS) is 11.2. The van der Waals surface area contributed by atoms with Crippen LogP contribution in [0.1, 0.15) is 27.3 Å². The fourth-order valence-corrected chi connectivity index (χ4v) is 2.77. The molecule has 0 fully saturated rings. The summed E-state index contributed by atoms with van der Waals surface area (Å²) in [6.45, 7) is 3.71. The van der Waals surface area contributed by atoms with Crippen LogP contribution in [0.25, 0.3) is 0 Å². The second-order valence-electron chi connectivity index (χ2n) is 6.32. The van der Waals surface area contributed by atoms with Crippen LogP contribution in [0, 0.1) is 13.8 Å². The molecule has 1 heterocycles. The summed E-state index contributed by atoms with van der Waals surface area (Å²) in [5.74, 6) is -0.157. The van der Waals surface area contributed by atoms with Gasteiger partial charge in [0, 0.05) is 22.6 Å². The second kappa shape index (κ2) is 8.08. The zero-order valence-electron chi connectivity index (χ0n) is 15.4. The summed E-state index contributed by atoms with van der Waals surface area (Å²) in [4.78, 5) is 20.9. The van der Waals surface area contributed by atoms with Crippen LogP contribution in [0.2, 0.25) is 5.02 Å². The van der Waals surface area contributed by atoms with Crippen LogP contribution >= 0.6 is 11.6 Å². The van der Waals surface area contributed by atoms with Crippen LogP contribution < -0.4 is 10.6 Å². The molecular formula is C20H16ClF3N4O. The number of aromatic nitrogens is 2. The molecule has 3 rings (SSSR count). The van der Waals surface area contributed by atoms with Gasteiger partial charge in [0.1, 0.15) is 0 Å². The maximum Gasteiger partial charge on any atom is 0.416 e. The van der Waals surface area contributed by atoms with E-state index in [1.54, 1.807) is 12.1 Å². The minimum Gasteiger partial charge on any atom is -0.324 e. The fraction of sp³-hybridized carbons (Fsp3) is 0.150. The number of halogens is 4. The van der Waals surface area contributed by atoms with Crippen LogP contribution in [-0.2, 0) is 6.18 Å². The van der Waals surface area contributed by atoms with Crippen LogP contribution in [0.5, 0.6) is 0 Å². The second-order valence-corrected chi connectivity index (χ2v) is 6.73. The van der Waals surface area contributed by atoms with Crippen molar-refractivity contribution in [2.75, 3.05) is 10.6 Å². The lowest BCUT2D eigenvalue weighted by Crippen LogP contribution is -2.13. The van der Waals surface area contributed by atoms with Gasteiger partial charge in [-0.1, -0.05) is 11.6 Å². The number of aryl methyl sites for hydroxylation is 2. The molecule has 2 N–H and O–H groups in total. The van der Waals surface area contributed by atoms with E-state index in [2.05, 4.69) is 20.6 Å². The highest BCUT2D eigenvalue weighted by molar-refractivity contribution is 6.34. The molecule has 0 aliphatic rings. The lowest BCUT2D eigenvalue weighted by molar-refractivity contribution is -0.137. The molecule has 0 aliphatic carbocycles. The van der Waals surface area contributed by atoms with Gasteiger partial charge in [-0.3, -0.25) is 4.79 Å². The van der Waals surface area contributed by atoms with E-state index in [-0.39, 0.29) is 16.3 Å². The van der Waals surface area contributed by atoms with Crippen molar-refractivity contribution >= 4 is 34.8 Å². The highest BCUT2D eigenvalue weighted by Crippen LogP contribution is 2.34. The fourth-order valence-electron chi connectivity index (χ4n) is 2.61. The molecular weight excluding hydrogens is 405 g/mol. The van der Waals surface area contributed by atoms with Gasteiger partial charge in [-0.05, 0) is 62.4 Å². The van der Waals surface area contributed by atoms with Gasteiger partial charge in [-0.2, -0.15) is 13.2 Å². The zero-order chi connectivity index (χ0) is 21.2. The van der Waals surface area contributed by atoms with Gasteiger partial charge in [0.25, 0.3) is 5.91 Å². The molecule has 0 bridgehead atoms. The van der Waals surface area contributed by atoms with Gasteiger partial charge in [0.2, 0.25) is 5.95 Å². The molecule has 0 spiro atoms. The molecule has 0 saturated heterocycles. The monoisotopic (exact) mass is 420 g/mol. The average Bonchev–Trinajstić information content (AvgIpc) is 2.62. The molecule has 150 valence electrons. The maximum absolute atomic E-state index is 12.9. The summed E-state index contributed by atoms with van der Waals surface area (Å²) in [5.41, 5.74) is 1.53. The first kappa shape index (κ1) is 20.6. The lowest BCUT2D eigenvalue weighted by Gasteiger charge is -2.12. The van der Waals surface area contributed by atoms with Crippen molar-refractivity contribution in [3.63, 3.8) is 0 Å².